The Kier molecular flexibility index (Phi) is 11.6. The highest BCUT2D eigenvalue weighted by Gasteiger charge is 2.38. The van der Waals surface area contributed by atoms with Gasteiger partial charge in [0.05, 0.1) is 20.3 Å². The van der Waals surface area contributed by atoms with Crippen molar-refractivity contribution >= 4 is 17.8 Å². The number of hydrogen-bond acceptors (Lipinski definition) is 6. The first-order valence-electron chi connectivity index (χ1n) is 5.65. The molecular formula is C11H17F3N2O6. The fourth-order valence-electron chi connectivity index (χ4n) is 0.717. The maximum atomic E-state index is 11.2. The summed E-state index contributed by atoms with van der Waals surface area (Å²) in [6.07, 6.45) is -3.53. The molecule has 4 N–H and O–H groups in total. The van der Waals surface area contributed by atoms with E-state index in [-0.39, 0.29) is 13.2 Å². The predicted octanol–water partition coefficient (Wildman–Crippen LogP) is -0.561. The van der Waals surface area contributed by atoms with Gasteiger partial charge >= 0.3 is 18.1 Å². The summed E-state index contributed by atoms with van der Waals surface area (Å²) >= 11 is 0. The second-order valence-electron chi connectivity index (χ2n) is 3.53. The number of carbonyl (C=O) groups excluding carboxylic acids is 2. The summed E-state index contributed by atoms with van der Waals surface area (Å²) in [6, 6.07) is -0.797. The van der Waals surface area contributed by atoms with E-state index < -0.39 is 30.1 Å². The fourth-order valence-corrected chi connectivity index (χ4v) is 0.717. The van der Waals surface area contributed by atoms with Gasteiger partial charge in [-0.25, -0.2) is 4.79 Å². The van der Waals surface area contributed by atoms with Gasteiger partial charge in [-0.2, -0.15) is 13.2 Å². The third-order valence-corrected chi connectivity index (χ3v) is 1.75. The van der Waals surface area contributed by atoms with Crippen LogP contribution in [0.1, 0.15) is 0 Å². The molecule has 0 saturated heterocycles. The summed E-state index contributed by atoms with van der Waals surface area (Å²) in [4.78, 5) is 30.8. The minimum Gasteiger partial charge on any atom is -0.475 e. The Morgan fingerprint density at radius 2 is 1.91 bits per heavy atom. The van der Waals surface area contributed by atoms with Crippen molar-refractivity contribution in [3.05, 3.63) is 12.7 Å². The number of amides is 1. The van der Waals surface area contributed by atoms with Crippen molar-refractivity contribution in [3.8, 4) is 0 Å². The topological polar surface area (TPSA) is 128 Å². The molecule has 0 aromatic heterocycles. The maximum absolute atomic E-state index is 11.2. The number of nitrogens with two attached hydrogens (primary N) is 1. The zero-order valence-electron chi connectivity index (χ0n) is 11.7. The smallest absolute Gasteiger partial charge is 0.475 e. The van der Waals surface area contributed by atoms with Crippen LogP contribution >= 0.6 is 0 Å². The van der Waals surface area contributed by atoms with Crippen LogP contribution in [0.25, 0.3) is 0 Å². The number of nitrogens with one attached hydrogen (secondary N) is 1. The Morgan fingerprint density at radius 3 is 2.27 bits per heavy atom. The lowest BCUT2D eigenvalue weighted by molar-refractivity contribution is -0.192. The van der Waals surface area contributed by atoms with Gasteiger partial charge in [-0.15, -0.1) is 6.58 Å². The van der Waals surface area contributed by atoms with Crippen LogP contribution in [0, 0.1) is 0 Å². The molecule has 0 spiro atoms. The van der Waals surface area contributed by atoms with Gasteiger partial charge in [0.15, 0.2) is 0 Å². The summed E-state index contributed by atoms with van der Waals surface area (Å²) < 4.78 is 41.1. The Bertz CT molecular complexity index is 387. The van der Waals surface area contributed by atoms with Gasteiger partial charge < -0.3 is 25.6 Å². The number of carboxylic acid groups (broad SMARTS) is 1. The molecule has 0 aliphatic heterocycles. The molecule has 22 heavy (non-hydrogen) atoms. The Balaban J connectivity index is 0. The lowest BCUT2D eigenvalue weighted by atomic mass is 10.3. The van der Waals surface area contributed by atoms with E-state index in [2.05, 4.69) is 16.6 Å². The number of esters is 1. The van der Waals surface area contributed by atoms with E-state index >= 15 is 0 Å². The van der Waals surface area contributed by atoms with Crippen molar-refractivity contribution in [1.29, 1.82) is 0 Å². The minimum absolute atomic E-state index is 0.0824. The second kappa shape index (κ2) is 11.5. The molecule has 128 valence electrons. The van der Waals surface area contributed by atoms with E-state index in [1.807, 2.05) is 0 Å². The number of carboxylic acids is 1. The fraction of sp³-hybridized carbons (Fsp3) is 0.545. The van der Waals surface area contributed by atoms with Crippen LogP contribution in [0.3, 0.4) is 0 Å². The van der Waals surface area contributed by atoms with Crippen LogP contribution in [0.4, 0.5) is 13.2 Å². The minimum atomic E-state index is -5.08. The second-order valence-corrected chi connectivity index (χ2v) is 3.53. The van der Waals surface area contributed by atoms with Gasteiger partial charge in [0.2, 0.25) is 5.91 Å². The van der Waals surface area contributed by atoms with Crippen LogP contribution < -0.4 is 11.1 Å². The molecule has 0 saturated carbocycles. The molecule has 0 fully saturated rings. The van der Waals surface area contributed by atoms with Gasteiger partial charge in [-0.05, 0) is 0 Å². The highest BCUT2D eigenvalue weighted by atomic mass is 19.4. The first-order valence-corrected chi connectivity index (χ1v) is 5.65. The Hall–Kier alpha value is -2.14. The molecule has 0 bridgehead atoms. The molecule has 0 aromatic rings. The molecule has 0 aliphatic carbocycles. The zero-order chi connectivity index (χ0) is 17.8. The highest BCUT2D eigenvalue weighted by Crippen LogP contribution is 2.13. The molecule has 8 nitrogen and oxygen atoms in total. The maximum Gasteiger partial charge on any atom is 0.490 e. The lowest BCUT2D eigenvalue weighted by Gasteiger charge is -2.11. The van der Waals surface area contributed by atoms with E-state index in [9.17, 15) is 22.8 Å². The number of rotatable bonds is 7. The van der Waals surface area contributed by atoms with Gasteiger partial charge in [-0.3, -0.25) is 9.59 Å². The van der Waals surface area contributed by atoms with Crippen molar-refractivity contribution in [2.45, 2.75) is 12.2 Å². The summed E-state index contributed by atoms with van der Waals surface area (Å²) in [5.74, 6) is -3.74. The van der Waals surface area contributed by atoms with Crippen molar-refractivity contribution in [3.63, 3.8) is 0 Å². The SMILES string of the molecule is C=CCOC[C@H](N)C(=O)NCC(=O)OC.O=C(O)C(F)(F)F. The molecule has 0 aromatic carbocycles. The van der Waals surface area contributed by atoms with Crippen molar-refractivity contribution < 1.29 is 42.1 Å². The van der Waals surface area contributed by atoms with E-state index in [1.54, 1.807) is 6.08 Å². The van der Waals surface area contributed by atoms with Crippen LogP contribution in [0.5, 0.6) is 0 Å². The largest absolute Gasteiger partial charge is 0.490 e. The number of ether oxygens (including phenoxy) is 2. The molecular weight excluding hydrogens is 313 g/mol. The zero-order valence-corrected chi connectivity index (χ0v) is 11.7. The molecule has 0 heterocycles. The van der Waals surface area contributed by atoms with Crippen molar-refractivity contribution in [2.24, 2.45) is 5.73 Å². The Labute approximate surface area is 124 Å². The van der Waals surface area contributed by atoms with Gasteiger partial charge in [0.25, 0.3) is 0 Å². The number of alkyl halides is 3. The molecule has 1 amide bonds. The van der Waals surface area contributed by atoms with E-state index in [0.29, 0.717) is 6.61 Å². The quantitative estimate of drug-likeness (QED) is 0.324. The van der Waals surface area contributed by atoms with E-state index in [1.165, 1.54) is 7.11 Å². The third kappa shape index (κ3) is 12.9. The van der Waals surface area contributed by atoms with E-state index in [4.69, 9.17) is 20.4 Å². The summed E-state index contributed by atoms with van der Waals surface area (Å²) in [7, 11) is 1.24. The number of methoxy groups -OCH3 is 1. The normalized spacial score (nSPS) is 11.5. The number of carbonyl (C=O) groups is 3. The van der Waals surface area contributed by atoms with Crippen LogP contribution in [-0.2, 0) is 23.9 Å². The molecule has 0 rings (SSSR count). The molecule has 1 atom stereocenters. The summed E-state index contributed by atoms with van der Waals surface area (Å²) in [5.41, 5.74) is 5.46. The molecule has 11 heteroatoms. The Morgan fingerprint density at radius 1 is 1.41 bits per heavy atom. The number of halogens is 3. The van der Waals surface area contributed by atoms with Gasteiger partial charge in [0, 0.05) is 0 Å². The molecule has 0 aliphatic rings. The van der Waals surface area contributed by atoms with Crippen LogP contribution in [0.15, 0.2) is 12.7 Å². The van der Waals surface area contributed by atoms with E-state index in [0.717, 1.165) is 0 Å². The molecule has 0 radical (unpaired) electrons. The summed E-state index contributed by atoms with van der Waals surface area (Å²) in [6.45, 7) is 3.67. The average Bonchev–Trinajstić information content (AvgIpc) is 2.43. The summed E-state index contributed by atoms with van der Waals surface area (Å²) in [5, 5.41) is 9.44. The average molecular weight is 330 g/mol. The van der Waals surface area contributed by atoms with Gasteiger partial charge in [0.1, 0.15) is 12.6 Å². The van der Waals surface area contributed by atoms with Crippen molar-refractivity contribution in [1.82, 2.24) is 5.32 Å². The monoisotopic (exact) mass is 330 g/mol. The highest BCUT2D eigenvalue weighted by molar-refractivity contribution is 5.85. The molecule has 0 unspecified atom stereocenters. The first-order chi connectivity index (χ1) is 10.1. The first kappa shape index (κ1) is 22.1. The number of aliphatic carboxylic acids is 1. The van der Waals surface area contributed by atoms with Gasteiger partial charge in [-0.1, -0.05) is 6.08 Å². The lowest BCUT2D eigenvalue weighted by Crippen LogP contribution is -2.45. The third-order valence-electron chi connectivity index (χ3n) is 1.75. The predicted molar refractivity (Wildman–Crippen MR) is 67.7 cm³/mol. The van der Waals surface area contributed by atoms with Crippen LogP contribution in [-0.4, -0.2) is 62.0 Å². The number of hydrogen-bond donors (Lipinski definition) is 3. The van der Waals surface area contributed by atoms with Crippen LogP contribution in [0.2, 0.25) is 0 Å². The van der Waals surface area contributed by atoms with Crippen molar-refractivity contribution in [2.75, 3.05) is 26.9 Å². The standard InChI is InChI=1S/C9H16N2O4.C2HF3O2/c1-3-4-15-6-7(10)9(13)11-5-8(12)14-2;3-2(4,5)1(6)7/h3,7H,1,4-6,10H2,2H3,(H,11,13);(H,6,7)/t7-;/m0./s1.